The molecule has 0 aliphatic carbocycles. The predicted molar refractivity (Wildman–Crippen MR) is 142 cm³/mol. The number of pyridine rings is 1. The molecule has 0 fully saturated rings. The number of aromatic carboxylic acids is 1. The van der Waals surface area contributed by atoms with Crippen molar-refractivity contribution in [3.8, 4) is 16.9 Å². The van der Waals surface area contributed by atoms with Gasteiger partial charge in [0.25, 0.3) is 5.56 Å². The highest BCUT2D eigenvalue weighted by atomic mass is 35.5. The number of carbonyl (C=O) groups is 1. The molecular weight excluding hydrogens is 476 g/mol. The number of hydrogen-bond donors (Lipinski definition) is 2. The number of aromatic nitrogens is 2. The van der Waals surface area contributed by atoms with Gasteiger partial charge in [0.1, 0.15) is 11.4 Å². The fourth-order valence-electron chi connectivity index (χ4n) is 5.24. The molecule has 7 heteroatoms. The molecule has 0 radical (unpaired) electrons. The summed E-state index contributed by atoms with van der Waals surface area (Å²) in [5, 5.41) is 13.7. The van der Waals surface area contributed by atoms with Crippen LogP contribution in [0.5, 0.6) is 5.75 Å². The first-order chi connectivity index (χ1) is 17.3. The summed E-state index contributed by atoms with van der Waals surface area (Å²) in [5.41, 5.74) is 2.50. The molecule has 0 unspecified atom stereocenters. The number of ether oxygens (including phenoxy) is 1. The molecule has 0 spiro atoms. The van der Waals surface area contributed by atoms with Crippen LogP contribution in [0.3, 0.4) is 0 Å². The Balaban J connectivity index is 1.70. The lowest BCUT2D eigenvalue weighted by molar-refractivity contribution is 0.0687. The number of carboxylic acid groups (broad SMARTS) is 1. The van der Waals surface area contributed by atoms with E-state index in [0.29, 0.717) is 33.8 Å². The summed E-state index contributed by atoms with van der Waals surface area (Å²) in [7, 11) is 0. The number of carboxylic acids is 1. The number of rotatable bonds is 4. The monoisotopic (exact) mass is 498 g/mol. The Hall–Kier alpha value is -4.03. The molecule has 3 heterocycles. The van der Waals surface area contributed by atoms with Crippen LogP contribution >= 0.6 is 11.6 Å². The average molecular weight is 499 g/mol. The smallest absolute Gasteiger partial charge is 0.353 e. The second-order valence-electron chi connectivity index (χ2n) is 9.83. The second-order valence-corrected chi connectivity index (χ2v) is 10.2. The third-order valence-electron chi connectivity index (χ3n) is 7.02. The molecule has 0 saturated heterocycles. The molecule has 180 valence electrons. The van der Waals surface area contributed by atoms with Crippen LogP contribution in [0.2, 0.25) is 5.02 Å². The fourth-order valence-corrected chi connectivity index (χ4v) is 5.48. The van der Waals surface area contributed by atoms with Crippen molar-refractivity contribution in [1.82, 2.24) is 9.55 Å². The second kappa shape index (κ2) is 8.00. The summed E-state index contributed by atoms with van der Waals surface area (Å²) in [6, 6.07) is 19.0. The molecule has 1 aliphatic rings. The van der Waals surface area contributed by atoms with Gasteiger partial charge in [-0.25, -0.2) is 4.79 Å². The predicted octanol–water partition coefficient (Wildman–Crippen LogP) is 6.22. The Bertz CT molecular complexity index is 1760. The molecule has 0 atom stereocenters. The van der Waals surface area contributed by atoms with E-state index in [-0.39, 0.29) is 28.8 Å². The van der Waals surface area contributed by atoms with E-state index in [1.165, 1.54) is 6.20 Å². The van der Waals surface area contributed by atoms with Crippen LogP contribution in [-0.4, -0.2) is 27.2 Å². The maximum Gasteiger partial charge on any atom is 0.353 e. The van der Waals surface area contributed by atoms with Gasteiger partial charge in [0, 0.05) is 34.3 Å². The van der Waals surface area contributed by atoms with Crippen molar-refractivity contribution < 1.29 is 14.6 Å². The van der Waals surface area contributed by atoms with Crippen LogP contribution < -0.4 is 10.3 Å². The number of halogens is 1. The van der Waals surface area contributed by atoms with Crippen molar-refractivity contribution in [3.63, 3.8) is 0 Å². The number of benzene rings is 3. The lowest BCUT2D eigenvalue weighted by Crippen LogP contribution is -2.18. The molecule has 5 aromatic rings. The van der Waals surface area contributed by atoms with Crippen molar-refractivity contribution in [1.29, 1.82) is 0 Å². The van der Waals surface area contributed by atoms with Gasteiger partial charge < -0.3 is 19.4 Å². The third-order valence-corrected chi connectivity index (χ3v) is 7.37. The molecule has 0 amide bonds. The van der Waals surface area contributed by atoms with Crippen LogP contribution in [-0.2, 0) is 12.0 Å². The summed E-state index contributed by atoms with van der Waals surface area (Å²) in [6.45, 7) is 4.86. The zero-order valence-electron chi connectivity index (χ0n) is 19.8. The standard InChI is InChI=1S/C29H23ClN2O4/c1-29(2)15-36-26-20(29)9-10-22-24(26)23(19-8-5-11-31-27(19)33)25(28(34)35)32(22)14-18-12-16-6-3-4-7-17(16)13-21(18)30/h3-13H,14-15H2,1-2H3,(H,31,33)(H,34,35). The Morgan fingerprint density at radius 3 is 2.58 bits per heavy atom. The largest absolute Gasteiger partial charge is 0.492 e. The number of hydrogen-bond acceptors (Lipinski definition) is 3. The maximum absolute atomic E-state index is 12.9. The number of nitrogens with one attached hydrogen (secondary N) is 1. The molecule has 0 bridgehead atoms. The van der Waals surface area contributed by atoms with Gasteiger partial charge in [0.05, 0.1) is 23.1 Å². The van der Waals surface area contributed by atoms with E-state index in [4.69, 9.17) is 16.3 Å². The first kappa shape index (κ1) is 22.4. The number of aromatic amines is 1. The van der Waals surface area contributed by atoms with Crippen molar-refractivity contribution in [3.05, 3.63) is 99.1 Å². The zero-order valence-corrected chi connectivity index (χ0v) is 20.5. The van der Waals surface area contributed by atoms with E-state index in [9.17, 15) is 14.7 Å². The highest BCUT2D eigenvalue weighted by Crippen LogP contribution is 2.48. The van der Waals surface area contributed by atoms with Gasteiger partial charge in [-0.1, -0.05) is 55.8 Å². The summed E-state index contributed by atoms with van der Waals surface area (Å²) in [6.07, 6.45) is 1.53. The van der Waals surface area contributed by atoms with Gasteiger partial charge in [-0.3, -0.25) is 4.79 Å². The Labute approximate surface area is 211 Å². The van der Waals surface area contributed by atoms with E-state index in [2.05, 4.69) is 18.8 Å². The third kappa shape index (κ3) is 3.33. The lowest BCUT2D eigenvalue weighted by Gasteiger charge is -2.15. The van der Waals surface area contributed by atoms with E-state index in [0.717, 1.165) is 21.9 Å². The topological polar surface area (TPSA) is 84.3 Å². The molecule has 1 aliphatic heterocycles. The highest BCUT2D eigenvalue weighted by Gasteiger charge is 2.37. The normalized spacial score (nSPS) is 14.2. The van der Waals surface area contributed by atoms with E-state index < -0.39 is 5.97 Å². The fraction of sp³-hybridized carbons (Fsp3) is 0.172. The molecule has 2 N–H and O–H groups in total. The lowest BCUT2D eigenvalue weighted by atomic mass is 9.86. The van der Waals surface area contributed by atoms with E-state index in [1.54, 1.807) is 16.7 Å². The summed E-state index contributed by atoms with van der Waals surface area (Å²) in [4.78, 5) is 28.4. The maximum atomic E-state index is 12.9. The van der Waals surface area contributed by atoms with Crippen molar-refractivity contribution in [2.24, 2.45) is 0 Å². The van der Waals surface area contributed by atoms with Gasteiger partial charge in [-0.15, -0.1) is 0 Å². The van der Waals surface area contributed by atoms with Crippen molar-refractivity contribution in [2.75, 3.05) is 6.61 Å². The molecule has 0 saturated carbocycles. The molecule has 3 aromatic carbocycles. The van der Waals surface area contributed by atoms with Crippen molar-refractivity contribution in [2.45, 2.75) is 25.8 Å². The van der Waals surface area contributed by atoms with Gasteiger partial charge in [-0.05, 0) is 46.7 Å². The Morgan fingerprint density at radius 2 is 1.86 bits per heavy atom. The van der Waals surface area contributed by atoms with E-state index >= 15 is 0 Å². The minimum atomic E-state index is -1.13. The van der Waals surface area contributed by atoms with Crippen LogP contribution in [0.1, 0.15) is 35.5 Å². The number of H-pyrrole nitrogens is 1. The summed E-state index contributed by atoms with van der Waals surface area (Å²) >= 11 is 6.68. The Kier molecular flexibility index (Phi) is 4.99. The average Bonchev–Trinajstić information content (AvgIpc) is 3.34. The number of fused-ring (bicyclic) bond motifs is 4. The first-order valence-corrected chi connectivity index (χ1v) is 12.0. The molecule has 36 heavy (non-hydrogen) atoms. The number of nitrogens with zero attached hydrogens (tertiary/aromatic N) is 1. The summed E-state index contributed by atoms with van der Waals surface area (Å²) in [5.74, 6) is -0.506. The Morgan fingerprint density at radius 1 is 1.11 bits per heavy atom. The minimum Gasteiger partial charge on any atom is -0.492 e. The van der Waals surface area contributed by atoms with Gasteiger partial charge >= 0.3 is 5.97 Å². The van der Waals surface area contributed by atoms with Crippen LogP contribution in [0.4, 0.5) is 0 Å². The van der Waals surface area contributed by atoms with Crippen LogP contribution in [0.25, 0.3) is 32.8 Å². The zero-order chi connectivity index (χ0) is 25.2. The SMILES string of the molecule is CC1(C)COc2c1ccc1c2c(-c2ccc[nH]c2=O)c(C(=O)O)n1Cc1cc2ccccc2cc1Cl. The van der Waals surface area contributed by atoms with Gasteiger partial charge in [0.15, 0.2) is 0 Å². The summed E-state index contributed by atoms with van der Waals surface area (Å²) < 4.78 is 7.89. The minimum absolute atomic E-state index is 0.0210. The molecule has 6 rings (SSSR count). The molecule has 2 aromatic heterocycles. The first-order valence-electron chi connectivity index (χ1n) is 11.7. The molecule has 6 nitrogen and oxygen atoms in total. The van der Waals surface area contributed by atoms with Gasteiger partial charge in [-0.2, -0.15) is 0 Å². The van der Waals surface area contributed by atoms with E-state index in [1.807, 2.05) is 48.5 Å². The highest BCUT2D eigenvalue weighted by molar-refractivity contribution is 6.32. The molecular formula is C29H23ClN2O4. The van der Waals surface area contributed by atoms with Crippen LogP contribution in [0, 0.1) is 0 Å². The van der Waals surface area contributed by atoms with Crippen LogP contribution in [0.15, 0.2) is 71.7 Å². The quantitative estimate of drug-likeness (QED) is 0.308. The van der Waals surface area contributed by atoms with Gasteiger partial charge in [0.2, 0.25) is 0 Å². The van der Waals surface area contributed by atoms with Crippen molar-refractivity contribution >= 4 is 39.2 Å².